The zero-order valence-electron chi connectivity index (χ0n) is 10.4. The van der Waals surface area contributed by atoms with E-state index in [1.165, 1.54) is 0 Å². The van der Waals surface area contributed by atoms with Crippen LogP contribution in [0, 0.1) is 0 Å². The lowest BCUT2D eigenvalue weighted by Crippen LogP contribution is -2.02. The summed E-state index contributed by atoms with van der Waals surface area (Å²) in [6, 6.07) is 5.80. The number of hydrogen-bond acceptors (Lipinski definition) is 4. The highest BCUT2D eigenvalue weighted by molar-refractivity contribution is 9.10. The van der Waals surface area contributed by atoms with Crippen molar-refractivity contribution in [2.45, 2.75) is 6.42 Å². The van der Waals surface area contributed by atoms with Crippen molar-refractivity contribution in [3.8, 4) is 22.8 Å². The molecule has 2 heterocycles. The highest BCUT2D eigenvalue weighted by Gasteiger charge is 2.18. The topological polar surface area (TPSA) is 56.5 Å². The van der Waals surface area contributed by atoms with Crippen molar-refractivity contribution in [3.05, 3.63) is 28.6 Å². The molecule has 1 aromatic heterocycles. The molecule has 19 heavy (non-hydrogen) atoms. The molecule has 1 N–H and O–H groups in total. The van der Waals surface area contributed by atoms with Crippen molar-refractivity contribution >= 4 is 15.9 Å². The highest BCUT2D eigenvalue weighted by atomic mass is 79.9. The summed E-state index contributed by atoms with van der Waals surface area (Å²) in [7, 11) is 1.93. The molecule has 0 saturated carbocycles. The van der Waals surface area contributed by atoms with Crippen LogP contribution in [-0.2, 0) is 13.5 Å². The summed E-state index contributed by atoms with van der Waals surface area (Å²) in [5.74, 6) is 2.34. The van der Waals surface area contributed by atoms with Gasteiger partial charge in [0.15, 0.2) is 11.5 Å². The SMILES string of the molecule is Cn1c(CCO)nc(Br)c1-c1ccc2c(c1)OCO2. The van der Waals surface area contributed by atoms with E-state index in [9.17, 15) is 0 Å². The van der Waals surface area contributed by atoms with Gasteiger partial charge < -0.3 is 19.1 Å². The van der Waals surface area contributed by atoms with Crippen LogP contribution in [0.5, 0.6) is 11.5 Å². The Morgan fingerprint density at radius 3 is 2.95 bits per heavy atom. The molecule has 6 heteroatoms. The monoisotopic (exact) mass is 324 g/mol. The molecule has 0 radical (unpaired) electrons. The predicted molar refractivity (Wildman–Crippen MR) is 73.3 cm³/mol. The van der Waals surface area contributed by atoms with Gasteiger partial charge in [-0.15, -0.1) is 0 Å². The van der Waals surface area contributed by atoms with E-state index >= 15 is 0 Å². The average molecular weight is 325 g/mol. The number of fused-ring (bicyclic) bond motifs is 1. The first-order chi connectivity index (χ1) is 9.20. The van der Waals surface area contributed by atoms with Crippen molar-refractivity contribution in [1.29, 1.82) is 0 Å². The summed E-state index contributed by atoms with van der Waals surface area (Å²) in [5.41, 5.74) is 1.96. The molecule has 0 spiro atoms. The fourth-order valence-corrected chi connectivity index (χ4v) is 2.89. The molecule has 0 bridgehead atoms. The third-order valence-corrected chi connectivity index (χ3v) is 3.68. The smallest absolute Gasteiger partial charge is 0.231 e. The van der Waals surface area contributed by atoms with Gasteiger partial charge in [-0.2, -0.15) is 0 Å². The number of aliphatic hydroxyl groups is 1. The van der Waals surface area contributed by atoms with Crippen LogP contribution in [0.2, 0.25) is 0 Å². The second kappa shape index (κ2) is 4.86. The summed E-state index contributed by atoms with van der Waals surface area (Å²) in [4.78, 5) is 4.42. The van der Waals surface area contributed by atoms with Crippen LogP contribution in [0.1, 0.15) is 5.82 Å². The molecule has 0 fully saturated rings. The lowest BCUT2D eigenvalue weighted by molar-refractivity contribution is 0.174. The summed E-state index contributed by atoms with van der Waals surface area (Å²) in [6.45, 7) is 0.346. The van der Waals surface area contributed by atoms with Crippen LogP contribution < -0.4 is 9.47 Å². The molecule has 5 nitrogen and oxygen atoms in total. The van der Waals surface area contributed by atoms with E-state index in [4.69, 9.17) is 14.6 Å². The quantitative estimate of drug-likeness (QED) is 0.939. The Balaban J connectivity index is 2.07. The molecular formula is C13H13BrN2O3. The predicted octanol–water partition coefficient (Wildman–Crippen LogP) is 2.11. The normalized spacial score (nSPS) is 13.0. The maximum Gasteiger partial charge on any atom is 0.231 e. The largest absolute Gasteiger partial charge is 0.454 e. The van der Waals surface area contributed by atoms with E-state index in [2.05, 4.69) is 20.9 Å². The third-order valence-electron chi connectivity index (χ3n) is 3.13. The van der Waals surface area contributed by atoms with Crippen LogP contribution in [0.15, 0.2) is 22.8 Å². The Kier molecular flexibility index (Phi) is 3.20. The van der Waals surface area contributed by atoms with Gasteiger partial charge in [0, 0.05) is 19.0 Å². The molecular weight excluding hydrogens is 312 g/mol. The minimum atomic E-state index is 0.0812. The number of nitrogens with zero attached hydrogens (tertiary/aromatic N) is 2. The van der Waals surface area contributed by atoms with Gasteiger partial charge in [-0.3, -0.25) is 0 Å². The van der Waals surface area contributed by atoms with E-state index in [0.717, 1.165) is 33.2 Å². The van der Waals surface area contributed by atoms with Gasteiger partial charge in [-0.1, -0.05) is 0 Å². The Morgan fingerprint density at radius 2 is 2.16 bits per heavy atom. The van der Waals surface area contributed by atoms with Gasteiger partial charge >= 0.3 is 0 Å². The van der Waals surface area contributed by atoms with Gasteiger partial charge in [0.25, 0.3) is 0 Å². The number of imidazole rings is 1. The van der Waals surface area contributed by atoms with E-state index in [0.29, 0.717) is 6.42 Å². The number of ether oxygens (including phenoxy) is 2. The number of rotatable bonds is 3. The molecule has 0 atom stereocenters. The minimum absolute atomic E-state index is 0.0812. The fourth-order valence-electron chi connectivity index (χ4n) is 2.19. The molecule has 0 saturated heterocycles. The van der Waals surface area contributed by atoms with Gasteiger partial charge in [0.1, 0.15) is 10.4 Å². The third kappa shape index (κ3) is 2.11. The first-order valence-corrected chi connectivity index (χ1v) is 6.72. The highest BCUT2D eigenvalue weighted by Crippen LogP contribution is 2.37. The van der Waals surface area contributed by atoms with E-state index in [1.54, 1.807) is 0 Å². The van der Waals surface area contributed by atoms with E-state index in [1.807, 2.05) is 29.8 Å². The fraction of sp³-hybridized carbons (Fsp3) is 0.308. The first-order valence-electron chi connectivity index (χ1n) is 5.92. The van der Waals surface area contributed by atoms with Crippen LogP contribution >= 0.6 is 15.9 Å². The number of halogens is 1. The van der Waals surface area contributed by atoms with Crippen LogP contribution in [-0.4, -0.2) is 28.1 Å². The first kappa shape index (κ1) is 12.5. The molecule has 100 valence electrons. The van der Waals surface area contributed by atoms with E-state index < -0.39 is 0 Å². The number of benzene rings is 1. The number of aromatic nitrogens is 2. The van der Waals surface area contributed by atoms with Crippen molar-refractivity contribution in [2.24, 2.45) is 7.05 Å². The lowest BCUT2D eigenvalue weighted by atomic mass is 10.1. The molecule has 1 aromatic carbocycles. The summed E-state index contributed by atoms with van der Waals surface area (Å²) in [6.07, 6.45) is 0.527. The molecule has 0 aliphatic carbocycles. The lowest BCUT2D eigenvalue weighted by Gasteiger charge is -2.06. The summed E-state index contributed by atoms with van der Waals surface area (Å²) >= 11 is 3.47. The van der Waals surface area contributed by atoms with Crippen molar-refractivity contribution in [1.82, 2.24) is 9.55 Å². The van der Waals surface area contributed by atoms with Gasteiger partial charge in [-0.25, -0.2) is 4.98 Å². The second-order valence-electron chi connectivity index (χ2n) is 4.27. The minimum Gasteiger partial charge on any atom is -0.454 e. The van der Waals surface area contributed by atoms with E-state index in [-0.39, 0.29) is 13.4 Å². The standard InChI is InChI=1S/C13H13BrN2O3/c1-16-11(4-5-17)15-13(14)12(16)8-2-3-9-10(6-8)19-7-18-9/h2-3,6,17H,4-5,7H2,1H3. The van der Waals surface area contributed by atoms with Crippen molar-refractivity contribution in [3.63, 3.8) is 0 Å². The molecule has 1 aliphatic heterocycles. The van der Waals surface area contributed by atoms with Crippen molar-refractivity contribution < 1.29 is 14.6 Å². The van der Waals surface area contributed by atoms with Gasteiger partial charge in [0.2, 0.25) is 6.79 Å². The second-order valence-corrected chi connectivity index (χ2v) is 5.02. The number of aliphatic hydroxyl groups excluding tert-OH is 1. The molecule has 2 aromatic rings. The Hall–Kier alpha value is -1.53. The maximum absolute atomic E-state index is 9.04. The Morgan fingerprint density at radius 1 is 1.37 bits per heavy atom. The maximum atomic E-state index is 9.04. The summed E-state index contributed by atoms with van der Waals surface area (Å²) < 4.78 is 13.4. The Bertz CT molecular complexity index is 625. The number of hydrogen-bond donors (Lipinski definition) is 1. The van der Waals surface area contributed by atoms with Gasteiger partial charge in [0.05, 0.1) is 12.3 Å². The average Bonchev–Trinajstić information content (AvgIpc) is 2.95. The van der Waals surface area contributed by atoms with Crippen LogP contribution in [0.4, 0.5) is 0 Å². The molecule has 3 rings (SSSR count). The van der Waals surface area contributed by atoms with Crippen LogP contribution in [0.25, 0.3) is 11.3 Å². The molecule has 0 amide bonds. The zero-order valence-corrected chi connectivity index (χ0v) is 12.0. The Labute approximate surface area is 118 Å². The van der Waals surface area contributed by atoms with Crippen LogP contribution in [0.3, 0.4) is 0 Å². The van der Waals surface area contributed by atoms with Gasteiger partial charge in [-0.05, 0) is 34.1 Å². The molecule has 0 unspecified atom stereocenters. The zero-order chi connectivity index (χ0) is 13.4. The van der Waals surface area contributed by atoms with Crippen molar-refractivity contribution in [2.75, 3.05) is 13.4 Å². The summed E-state index contributed by atoms with van der Waals surface area (Å²) in [5, 5.41) is 9.04. The molecule has 1 aliphatic rings.